The molecule has 0 saturated heterocycles. The van der Waals surface area contributed by atoms with E-state index in [1.165, 1.54) is 4.90 Å². The average Bonchev–Trinajstić information content (AvgIpc) is 2.66. The van der Waals surface area contributed by atoms with Crippen molar-refractivity contribution in [3.63, 3.8) is 0 Å². The number of rotatable bonds is 2. The zero-order valence-corrected chi connectivity index (χ0v) is 11.8. The molecule has 1 aliphatic rings. The van der Waals surface area contributed by atoms with Crippen molar-refractivity contribution in [2.24, 2.45) is 0 Å². The molecule has 0 saturated carbocycles. The number of carbonyl (C=O) groups is 2. The van der Waals surface area contributed by atoms with E-state index in [1.54, 1.807) is 30.3 Å². The maximum absolute atomic E-state index is 12.1. The van der Waals surface area contributed by atoms with E-state index in [2.05, 4.69) is 0 Å². The number of fused-ring (bicyclic) bond motifs is 1. The minimum Gasteiger partial charge on any atom is -0.300 e. The van der Waals surface area contributed by atoms with E-state index < -0.39 is 11.7 Å². The van der Waals surface area contributed by atoms with Crippen LogP contribution in [0.5, 0.6) is 0 Å². The van der Waals surface area contributed by atoms with Crippen molar-refractivity contribution in [3.8, 4) is 0 Å². The van der Waals surface area contributed by atoms with Crippen LogP contribution in [0.1, 0.15) is 15.9 Å². The van der Waals surface area contributed by atoms with Gasteiger partial charge in [0.05, 0.1) is 17.8 Å². The smallest absolute Gasteiger partial charge is 0.299 e. The highest BCUT2D eigenvalue weighted by atomic mass is 35.5. The van der Waals surface area contributed by atoms with Crippen molar-refractivity contribution in [2.75, 3.05) is 4.90 Å². The van der Waals surface area contributed by atoms with Gasteiger partial charge < -0.3 is 4.90 Å². The molecule has 2 aromatic carbocycles. The lowest BCUT2D eigenvalue weighted by molar-refractivity contribution is -0.114. The zero-order chi connectivity index (χ0) is 14.3. The summed E-state index contributed by atoms with van der Waals surface area (Å²) in [5.41, 5.74) is 1.85. The summed E-state index contributed by atoms with van der Waals surface area (Å²) in [5.74, 6) is -1.03. The van der Waals surface area contributed by atoms with Gasteiger partial charge in [0.25, 0.3) is 11.7 Å². The van der Waals surface area contributed by atoms with Gasteiger partial charge in [-0.15, -0.1) is 0 Å². The van der Waals surface area contributed by atoms with Gasteiger partial charge in [-0.1, -0.05) is 35.3 Å². The second kappa shape index (κ2) is 4.93. The van der Waals surface area contributed by atoms with Crippen LogP contribution in [0.4, 0.5) is 5.69 Å². The Hall–Kier alpha value is -1.84. The number of Topliss-reactive ketones (excluding diaryl/α,β-unsaturated/α-hetero) is 1. The van der Waals surface area contributed by atoms with Crippen LogP contribution in [0.25, 0.3) is 0 Å². The number of anilines is 1. The summed E-state index contributed by atoms with van der Waals surface area (Å²) in [6.45, 7) is 0.315. The Morgan fingerprint density at radius 3 is 2.25 bits per heavy atom. The first-order valence-electron chi connectivity index (χ1n) is 5.96. The molecular formula is C15H9Cl2NO2. The molecule has 3 nitrogen and oxygen atoms in total. The molecule has 100 valence electrons. The van der Waals surface area contributed by atoms with E-state index >= 15 is 0 Å². The van der Waals surface area contributed by atoms with Gasteiger partial charge >= 0.3 is 0 Å². The molecule has 0 aliphatic carbocycles. The molecule has 1 heterocycles. The zero-order valence-electron chi connectivity index (χ0n) is 10.3. The molecule has 0 unspecified atom stereocenters. The van der Waals surface area contributed by atoms with Gasteiger partial charge in [-0.05, 0) is 35.9 Å². The first-order valence-corrected chi connectivity index (χ1v) is 6.72. The fraction of sp³-hybridized carbons (Fsp3) is 0.0667. The molecule has 0 fully saturated rings. The summed E-state index contributed by atoms with van der Waals surface area (Å²) in [7, 11) is 0. The molecule has 0 aromatic heterocycles. The highest BCUT2D eigenvalue weighted by Crippen LogP contribution is 2.32. The predicted molar refractivity (Wildman–Crippen MR) is 78.4 cm³/mol. The minimum atomic E-state index is -0.530. The summed E-state index contributed by atoms with van der Waals surface area (Å²) in [6.07, 6.45) is 0. The maximum Gasteiger partial charge on any atom is 0.299 e. The molecule has 2 aromatic rings. The third kappa shape index (κ3) is 2.19. The molecule has 0 bridgehead atoms. The number of benzene rings is 2. The van der Waals surface area contributed by atoms with Gasteiger partial charge in [0.2, 0.25) is 0 Å². The third-order valence-corrected chi connectivity index (χ3v) is 3.68. The Balaban J connectivity index is 1.98. The van der Waals surface area contributed by atoms with Gasteiger partial charge in [-0.3, -0.25) is 9.59 Å². The van der Waals surface area contributed by atoms with Crippen LogP contribution >= 0.6 is 23.2 Å². The van der Waals surface area contributed by atoms with E-state index in [0.717, 1.165) is 5.56 Å². The first kappa shape index (κ1) is 13.2. The molecule has 3 rings (SSSR count). The molecule has 0 atom stereocenters. The van der Waals surface area contributed by atoms with Crippen LogP contribution in [0.15, 0.2) is 42.5 Å². The standard InChI is InChI=1S/C15H9Cl2NO2/c16-10-3-1-9(2-4-10)8-18-13-7-11(17)5-6-12(13)14(19)15(18)20/h1-7H,8H2. The van der Waals surface area contributed by atoms with Crippen LogP contribution in [-0.4, -0.2) is 11.7 Å². The highest BCUT2D eigenvalue weighted by molar-refractivity contribution is 6.52. The maximum atomic E-state index is 12.1. The van der Waals surface area contributed by atoms with Crippen LogP contribution in [-0.2, 0) is 11.3 Å². The molecule has 0 radical (unpaired) electrons. The molecule has 1 amide bonds. The Morgan fingerprint density at radius 2 is 1.55 bits per heavy atom. The minimum absolute atomic E-state index is 0.315. The second-order valence-corrected chi connectivity index (χ2v) is 5.38. The Kier molecular flexibility index (Phi) is 3.24. The van der Waals surface area contributed by atoms with Crippen molar-refractivity contribution in [1.82, 2.24) is 0 Å². The van der Waals surface area contributed by atoms with Gasteiger partial charge in [-0.2, -0.15) is 0 Å². The van der Waals surface area contributed by atoms with Gasteiger partial charge in [0, 0.05) is 10.0 Å². The first-order chi connectivity index (χ1) is 9.56. The summed E-state index contributed by atoms with van der Waals surface area (Å²) in [4.78, 5) is 25.4. The number of ketones is 1. The van der Waals surface area contributed by atoms with E-state index in [9.17, 15) is 9.59 Å². The van der Waals surface area contributed by atoms with E-state index in [4.69, 9.17) is 23.2 Å². The third-order valence-electron chi connectivity index (χ3n) is 3.19. The predicted octanol–water partition coefficient (Wildman–Crippen LogP) is 3.72. The quantitative estimate of drug-likeness (QED) is 0.793. The molecule has 0 N–H and O–H groups in total. The SMILES string of the molecule is O=C1C(=O)N(Cc2ccc(Cl)cc2)c2cc(Cl)ccc21. The summed E-state index contributed by atoms with van der Waals surface area (Å²) < 4.78 is 0. The Morgan fingerprint density at radius 1 is 0.900 bits per heavy atom. The molecule has 5 heteroatoms. The van der Waals surface area contributed by atoms with Gasteiger partial charge in [-0.25, -0.2) is 0 Å². The van der Waals surface area contributed by atoms with E-state index in [1.807, 2.05) is 12.1 Å². The van der Waals surface area contributed by atoms with E-state index in [0.29, 0.717) is 27.8 Å². The number of halogens is 2. The Bertz CT molecular complexity index is 710. The fourth-order valence-electron chi connectivity index (χ4n) is 2.20. The average molecular weight is 306 g/mol. The lowest BCUT2D eigenvalue weighted by Crippen LogP contribution is -2.29. The normalized spacial score (nSPS) is 13.8. The van der Waals surface area contributed by atoms with Crippen molar-refractivity contribution < 1.29 is 9.59 Å². The lowest BCUT2D eigenvalue weighted by Gasteiger charge is -2.16. The van der Waals surface area contributed by atoms with Crippen molar-refractivity contribution in [1.29, 1.82) is 0 Å². The summed E-state index contributed by atoms with van der Waals surface area (Å²) in [5, 5.41) is 1.12. The topological polar surface area (TPSA) is 37.4 Å². The molecule has 20 heavy (non-hydrogen) atoms. The second-order valence-electron chi connectivity index (χ2n) is 4.51. The number of carbonyl (C=O) groups excluding carboxylic acids is 2. The monoisotopic (exact) mass is 305 g/mol. The number of amides is 1. The largest absolute Gasteiger partial charge is 0.300 e. The van der Waals surface area contributed by atoms with Crippen molar-refractivity contribution in [3.05, 3.63) is 63.6 Å². The van der Waals surface area contributed by atoms with Crippen LogP contribution in [0.2, 0.25) is 10.0 Å². The lowest BCUT2D eigenvalue weighted by atomic mass is 10.1. The highest BCUT2D eigenvalue weighted by Gasteiger charge is 2.35. The molecule has 0 spiro atoms. The van der Waals surface area contributed by atoms with Crippen molar-refractivity contribution >= 4 is 40.6 Å². The summed E-state index contributed by atoms with van der Waals surface area (Å²) in [6, 6.07) is 12.0. The Labute approximate surface area is 125 Å². The van der Waals surface area contributed by atoms with Crippen LogP contribution < -0.4 is 4.90 Å². The molecular weight excluding hydrogens is 297 g/mol. The van der Waals surface area contributed by atoms with Gasteiger partial charge in [0.1, 0.15) is 0 Å². The number of hydrogen-bond donors (Lipinski definition) is 0. The van der Waals surface area contributed by atoms with Crippen molar-refractivity contribution in [2.45, 2.75) is 6.54 Å². The number of hydrogen-bond acceptors (Lipinski definition) is 2. The van der Waals surface area contributed by atoms with Gasteiger partial charge in [0.15, 0.2) is 0 Å². The number of nitrogens with zero attached hydrogens (tertiary/aromatic N) is 1. The van der Waals surface area contributed by atoms with E-state index in [-0.39, 0.29) is 0 Å². The van der Waals surface area contributed by atoms with Crippen LogP contribution in [0.3, 0.4) is 0 Å². The van der Waals surface area contributed by atoms with Crippen LogP contribution in [0, 0.1) is 0 Å². The molecule has 1 aliphatic heterocycles. The fourth-order valence-corrected chi connectivity index (χ4v) is 2.49. The summed E-state index contributed by atoms with van der Waals surface area (Å²) >= 11 is 11.8.